The average molecular weight is 139 g/mol. The highest BCUT2D eigenvalue weighted by Crippen LogP contribution is 1.76. The highest BCUT2D eigenvalue weighted by atomic mass is 35.5. The molecule has 0 amide bonds. The Hall–Kier alpha value is 0.210. The topological polar surface area (TPSA) is 29.3 Å². The van der Waals surface area contributed by atoms with Crippen LogP contribution in [-0.4, -0.2) is 32.1 Å². The Morgan fingerprint density at radius 2 is 1.88 bits per heavy atom. The molecule has 0 aliphatic carbocycles. The summed E-state index contributed by atoms with van der Waals surface area (Å²) in [5, 5.41) is 0. The van der Waals surface area contributed by atoms with Gasteiger partial charge in [-0.2, -0.15) is 0 Å². The van der Waals surface area contributed by atoms with Gasteiger partial charge in [0.15, 0.2) is 0 Å². The highest BCUT2D eigenvalue weighted by molar-refractivity contribution is 5.85. The van der Waals surface area contributed by atoms with E-state index in [9.17, 15) is 0 Å². The monoisotopic (exact) mass is 138 g/mol. The third kappa shape index (κ3) is 9.51. The van der Waals surface area contributed by atoms with E-state index in [0.717, 1.165) is 19.5 Å². The SMILES string of the molecule is CN(C)CCCN.Cl. The van der Waals surface area contributed by atoms with Crippen molar-refractivity contribution in [2.24, 2.45) is 5.73 Å². The highest BCUT2D eigenvalue weighted by Gasteiger charge is 1.83. The zero-order valence-corrected chi connectivity index (χ0v) is 6.37. The van der Waals surface area contributed by atoms with Crippen molar-refractivity contribution in [3.8, 4) is 0 Å². The standard InChI is InChI=1S/C5H14N2.ClH/c1-7(2)5-3-4-6;/h3-6H2,1-2H3;1H. The molecule has 8 heavy (non-hydrogen) atoms. The van der Waals surface area contributed by atoms with Gasteiger partial charge in [-0.25, -0.2) is 0 Å². The molecule has 0 aromatic carbocycles. The van der Waals surface area contributed by atoms with Crippen LogP contribution in [0.25, 0.3) is 0 Å². The van der Waals surface area contributed by atoms with Crippen molar-refractivity contribution in [2.75, 3.05) is 27.2 Å². The van der Waals surface area contributed by atoms with Gasteiger partial charge in [0.25, 0.3) is 0 Å². The number of hydrogen-bond acceptors (Lipinski definition) is 2. The van der Waals surface area contributed by atoms with Gasteiger partial charge in [-0.3, -0.25) is 0 Å². The first-order valence-corrected chi connectivity index (χ1v) is 2.62. The van der Waals surface area contributed by atoms with Crippen LogP contribution < -0.4 is 5.73 Å². The van der Waals surface area contributed by atoms with Gasteiger partial charge >= 0.3 is 0 Å². The quantitative estimate of drug-likeness (QED) is 0.609. The second kappa shape index (κ2) is 7.21. The first-order valence-electron chi connectivity index (χ1n) is 2.62. The van der Waals surface area contributed by atoms with Gasteiger partial charge in [0.2, 0.25) is 0 Å². The van der Waals surface area contributed by atoms with E-state index in [2.05, 4.69) is 19.0 Å². The van der Waals surface area contributed by atoms with Crippen molar-refractivity contribution < 1.29 is 0 Å². The van der Waals surface area contributed by atoms with E-state index in [0.29, 0.717) is 0 Å². The molecule has 0 unspecified atom stereocenters. The maximum atomic E-state index is 5.25. The number of nitrogens with zero attached hydrogens (tertiary/aromatic N) is 1. The van der Waals surface area contributed by atoms with Crippen molar-refractivity contribution >= 4 is 12.4 Å². The van der Waals surface area contributed by atoms with Crippen LogP contribution in [0, 0.1) is 0 Å². The molecule has 0 aliphatic rings. The molecule has 0 spiro atoms. The summed E-state index contributed by atoms with van der Waals surface area (Å²) in [7, 11) is 4.10. The zero-order chi connectivity index (χ0) is 5.70. The molecule has 0 aromatic heterocycles. The van der Waals surface area contributed by atoms with Crippen molar-refractivity contribution in [2.45, 2.75) is 6.42 Å². The Morgan fingerprint density at radius 3 is 2.00 bits per heavy atom. The Morgan fingerprint density at radius 1 is 1.38 bits per heavy atom. The van der Waals surface area contributed by atoms with Crippen LogP contribution in [0.1, 0.15) is 6.42 Å². The van der Waals surface area contributed by atoms with Crippen molar-refractivity contribution in [1.29, 1.82) is 0 Å². The second-order valence-corrected chi connectivity index (χ2v) is 1.95. The van der Waals surface area contributed by atoms with Crippen LogP contribution in [0.3, 0.4) is 0 Å². The molecule has 0 saturated carbocycles. The smallest absolute Gasteiger partial charge is 0.00128 e. The Kier molecular flexibility index (Phi) is 9.97. The minimum Gasteiger partial charge on any atom is -0.330 e. The van der Waals surface area contributed by atoms with Gasteiger partial charge in [-0.1, -0.05) is 0 Å². The molecule has 3 heteroatoms. The van der Waals surface area contributed by atoms with Crippen LogP contribution in [0.4, 0.5) is 0 Å². The summed E-state index contributed by atoms with van der Waals surface area (Å²) in [5.74, 6) is 0. The minimum absolute atomic E-state index is 0. The molecule has 0 saturated heterocycles. The first-order chi connectivity index (χ1) is 3.27. The number of rotatable bonds is 3. The van der Waals surface area contributed by atoms with E-state index >= 15 is 0 Å². The minimum atomic E-state index is 0. The van der Waals surface area contributed by atoms with E-state index in [1.165, 1.54) is 0 Å². The molecular formula is C5H15ClN2. The predicted molar refractivity (Wildman–Crippen MR) is 39.5 cm³/mol. The molecule has 52 valence electrons. The largest absolute Gasteiger partial charge is 0.330 e. The normalized spacial score (nSPS) is 9.00. The lowest BCUT2D eigenvalue weighted by Gasteiger charge is -2.05. The Labute approximate surface area is 57.5 Å². The molecule has 0 fully saturated rings. The molecule has 0 atom stereocenters. The van der Waals surface area contributed by atoms with Crippen molar-refractivity contribution in [3.63, 3.8) is 0 Å². The predicted octanol–water partition coefficient (Wildman–Crippen LogP) is 0.319. The van der Waals surface area contributed by atoms with Crippen molar-refractivity contribution in [3.05, 3.63) is 0 Å². The lowest BCUT2D eigenvalue weighted by Crippen LogP contribution is -2.16. The molecule has 0 radical (unpaired) electrons. The second-order valence-electron chi connectivity index (χ2n) is 1.95. The van der Waals surface area contributed by atoms with Crippen LogP contribution >= 0.6 is 12.4 Å². The van der Waals surface area contributed by atoms with Gasteiger partial charge in [0.05, 0.1) is 0 Å². The molecule has 2 N–H and O–H groups in total. The summed E-state index contributed by atoms with van der Waals surface area (Å²) in [6.45, 7) is 1.91. The summed E-state index contributed by atoms with van der Waals surface area (Å²) in [5.41, 5.74) is 5.25. The van der Waals surface area contributed by atoms with Gasteiger partial charge in [-0.15, -0.1) is 12.4 Å². The summed E-state index contributed by atoms with van der Waals surface area (Å²) < 4.78 is 0. The lowest BCUT2D eigenvalue weighted by molar-refractivity contribution is 0.403. The lowest BCUT2D eigenvalue weighted by atomic mass is 10.4. The third-order valence-corrected chi connectivity index (χ3v) is 0.809. The molecule has 0 rings (SSSR count). The van der Waals surface area contributed by atoms with E-state index in [-0.39, 0.29) is 12.4 Å². The number of hydrogen-bond donors (Lipinski definition) is 1. The van der Waals surface area contributed by atoms with Crippen LogP contribution in [-0.2, 0) is 0 Å². The maximum Gasteiger partial charge on any atom is -0.00128 e. The first kappa shape index (κ1) is 11.1. The summed E-state index contributed by atoms with van der Waals surface area (Å²) in [6, 6.07) is 0. The van der Waals surface area contributed by atoms with Crippen LogP contribution in [0.2, 0.25) is 0 Å². The maximum absolute atomic E-state index is 5.25. The third-order valence-electron chi connectivity index (χ3n) is 0.809. The fourth-order valence-corrected chi connectivity index (χ4v) is 0.408. The molecule has 0 bridgehead atoms. The fourth-order valence-electron chi connectivity index (χ4n) is 0.408. The summed E-state index contributed by atoms with van der Waals surface area (Å²) >= 11 is 0. The van der Waals surface area contributed by atoms with Gasteiger partial charge in [0.1, 0.15) is 0 Å². The molecule has 0 aliphatic heterocycles. The summed E-state index contributed by atoms with van der Waals surface area (Å²) in [6.07, 6.45) is 1.10. The molecule has 0 aromatic rings. The van der Waals surface area contributed by atoms with Crippen LogP contribution in [0.5, 0.6) is 0 Å². The van der Waals surface area contributed by atoms with Crippen molar-refractivity contribution in [1.82, 2.24) is 4.90 Å². The average Bonchev–Trinajstić information content (AvgIpc) is 1.61. The number of nitrogens with two attached hydrogens (primary N) is 1. The number of halogens is 1. The molecule has 0 heterocycles. The fraction of sp³-hybridized carbons (Fsp3) is 1.00. The van der Waals surface area contributed by atoms with Gasteiger partial charge < -0.3 is 10.6 Å². The summed E-state index contributed by atoms with van der Waals surface area (Å²) in [4.78, 5) is 2.13. The Balaban J connectivity index is 0. The van der Waals surface area contributed by atoms with Crippen LogP contribution in [0.15, 0.2) is 0 Å². The van der Waals surface area contributed by atoms with E-state index in [1.807, 2.05) is 0 Å². The zero-order valence-electron chi connectivity index (χ0n) is 5.55. The van der Waals surface area contributed by atoms with E-state index in [1.54, 1.807) is 0 Å². The van der Waals surface area contributed by atoms with E-state index < -0.39 is 0 Å². The van der Waals surface area contributed by atoms with Gasteiger partial charge in [0, 0.05) is 0 Å². The van der Waals surface area contributed by atoms with E-state index in [4.69, 9.17) is 5.73 Å². The Bertz CT molecular complexity index is 39.4. The molecule has 2 nitrogen and oxygen atoms in total. The molecular weight excluding hydrogens is 124 g/mol. The van der Waals surface area contributed by atoms with Gasteiger partial charge in [-0.05, 0) is 33.6 Å².